The van der Waals surface area contributed by atoms with Gasteiger partial charge in [0.15, 0.2) is 0 Å². The number of hydrogen-bond donors (Lipinski definition) is 2. The minimum Gasteiger partial charge on any atom is -0.460 e. The quantitative estimate of drug-likeness (QED) is 0.731. The molecule has 1 aromatic heterocycles. The van der Waals surface area contributed by atoms with Crippen molar-refractivity contribution < 1.29 is 23.5 Å². The van der Waals surface area contributed by atoms with Crippen LogP contribution in [-0.4, -0.2) is 33.5 Å². The molecule has 0 saturated heterocycles. The van der Waals surface area contributed by atoms with Crippen LogP contribution in [0.15, 0.2) is 4.42 Å². The highest BCUT2D eigenvalue weighted by Crippen LogP contribution is 2.21. The van der Waals surface area contributed by atoms with Gasteiger partial charge in [0.05, 0.1) is 12.5 Å². The van der Waals surface area contributed by atoms with E-state index in [1.165, 1.54) is 0 Å². The zero-order valence-corrected chi connectivity index (χ0v) is 16.6. The topological polar surface area (TPSA) is 130 Å². The molecule has 9 heteroatoms. The van der Waals surface area contributed by atoms with Gasteiger partial charge in [-0.2, -0.15) is 0 Å². The number of ether oxygens (including phenoxy) is 2. The van der Waals surface area contributed by atoms with Crippen LogP contribution in [0.25, 0.3) is 0 Å². The number of amides is 1. The van der Waals surface area contributed by atoms with Crippen LogP contribution in [0.2, 0.25) is 0 Å². The Morgan fingerprint density at radius 3 is 2.12 bits per heavy atom. The second kappa shape index (κ2) is 8.48. The lowest BCUT2D eigenvalue weighted by Crippen LogP contribution is -2.34. The van der Waals surface area contributed by atoms with E-state index in [1.54, 1.807) is 41.5 Å². The number of carbonyl (C=O) groups is 2. The second-order valence-corrected chi connectivity index (χ2v) is 7.98. The fourth-order valence-corrected chi connectivity index (χ4v) is 1.98. The van der Waals surface area contributed by atoms with E-state index < -0.39 is 35.3 Å². The summed E-state index contributed by atoms with van der Waals surface area (Å²) >= 11 is 0. The smallest absolute Gasteiger partial charge is 0.408 e. The van der Waals surface area contributed by atoms with Gasteiger partial charge in [0.1, 0.15) is 17.2 Å². The highest BCUT2D eigenvalue weighted by Gasteiger charge is 2.26. The van der Waals surface area contributed by atoms with Crippen molar-refractivity contribution in [2.45, 2.75) is 84.6 Å². The van der Waals surface area contributed by atoms with E-state index in [0.29, 0.717) is 6.42 Å². The average molecular weight is 370 g/mol. The summed E-state index contributed by atoms with van der Waals surface area (Å²) in [5.41, 5.74) is 4.74. The predicted molar refractivity (Wildman–Crippen MR) is 94.1 cm³/mol. The van der Waals surface area contributed by atoms with Crippen LogP contribution in [-0.2, 0) is 14.3 Å². The molecule has 1 aromatic rings. The molecule has 9 nitrogen and oxygen atoms in total. The summed E-state index contributed by atoms with van der Waals surface area (Å²) < 4.78 is 16.0. The number of nitrogens with two attached hydrogens (primary N) is 1. The van der Waals surface area contributed by atoms with Crippen molar-refractivity contribution in [1.29, 1.82) is 0 Å². The second-order valence-electron chi connectivity index (χ2n) is 7.98. The Morgan fingerprint density at radius 1 is 1.08 bits per heavy atom. The molecule has 1 amide bonds. The number of aromatic nitrogens is 2. The van der Waals surface area contributed by atoms with E-state index in [9.17, 15) is 9.59 Å². The van der Waals surface area contributed by atoms with E-state index in [-0.39, 0.29) is 18.2 Å². The largest absolute Gasteiger partial charge is 0.460 e. The van der Waals surface area contributed by atoms with Gasteiger partial charge in [-0.25, -0.2) is 4.79 Å². The van der Waals surface area contributed by atoms with Crippen molar-refractivity contribution in [1.82, 2.24) is 15.5 Å². The minimum atomic E-state index is -0.787. The molecule has 0 saturated carbocycles. The molecular weight excluding hydrogens is 340 g/mol. The van der Waals surface area contributed by atoms with Crippen molar-refractivity contribution in [2.24, 2.45) is 5.73 Å². The highest BCUT2D eigenvalue weighted by molar-refractivity contribution is 5.70. The number of nitrogens with one attached hydrogen (secondary N) is 1. The van der Waals surface area contributed by atoms with Crippen LogP contribution in [0, 0.1) is 0 Å². The van der Waals surface area contributed by atoms with Crippen LogP contribution in [0.3, 0.4) is 0 Å². The molecule has 26 heavy (non-hydrogen) atoms. The number of rotatable bonds is 6. The first-order valence-corrected chi connectivity index (χ1v) is 8.61. The third kappa shape index (κ3) is 7.81. The Balaban J connectivity index is 2.71. The maximum Gasteiger partial charge on any atom is 0.408 e. The number of esters is 1. The monoisotopic (exact) mass is 370 g/mol. The lowest BCUT2D eigenvalue weighted by molar-refractivity contribution is -0.155. The van der Waals surface area contributed by atoms with Crippen molar-refractivity contribution in [3.05, 3.63) is 11.8 Å². The summed E-state index contributed by atoms with van der Waals surface area (Å²) in [7, 11) is 0. The maximum atomic E-state index is 11.9. The third-order valence-electron chi connectivity index (χ3n) is 2.98. The zero-order valence-electron chi connectivity index (χ0n) is 16.6. The first-order valence-electron chi connectivity index (χ1n) is 8.61. The van der Waals surface area contributed by atoms with Gasteiger partial charge >= 0.3 is 12.1 Å². The highest BCUT2D eigenvalue weighted by atomic mass is 16.6. The molecule has 0 bridgehead atoms. The van der Waals surface area contributed by atoms with Gasteiger partial charge in [0, 0.05) is 0 Å². The van der Waals surface area contributed by atoms with Gasteiger partial charge in [0.25, 0.3) is 0 Å². The summed E-state index contributed by atoms with van der Waals surface area (Å²) in [5.74, 6) is -0.146. The molecule has 1 rings (SSSR count). The molecule has 2 atom stereocenters. The van der Waals surface area contributed by atoms with Crippen molar-refractivity contribution in [3.63, 3.8) is 0 Å². The molecule has 148 valence electrons. The van der Waals surface area contributed by atoms with Crippen molar-refractivity contribution in [3.8, 4) is 0 Å². The van der Waals surface area contributed by atoms with Gasteiger partial charge in [-0.15, -0.1) is 10.2 Å². The van der Waals surface area contributed by atoms with Gasteiger partial charge in [-0.3, -0.25) is 4.79 Å². The van der Waals surface area contributed by atoms with Crippen LogP contribution in [0.4, 0.5) is 4.79 Å². The first-order chi connectivity index (χ1) is 11.8. The van der Waals surface area contributed by atoms with Gasteiger partial charge in [0.2, 0.25) is 11.8 Å². The van der Waals surface area contributed by atoms with E-state index in [4.69, 9.17) is 19.6 Å². The van der Waals surface area contributed by atoms with Crippen LogP contribution in [0.1, 0.15) is 85.2 Å². The molecule has 0 aliphatic rings. The molecule has 0 unspecified atom stereocenters. The van der Waals surface area contributed by atoms with Crippen molar-refractivity contribution >= 4 is 12.1 Å². The molecule has 3 N–H and O–H groups in total. The molecule has 1 heterocycles. The summed E-state index contributed by atoms with van der Waals surface area (Å²) in [5, 5.41) is 10.5. The Kier molecular flexibility index (Phi) is 7.14. The van der Waals surface area contributed by atoms with Gasteiger partial charge < -0.3 is 24.9 Å². The standard InChI is InChI=1S/C17H30N4O5/c1-8-11(19-15(23)26-17(5,6)7)14-21-20-13(24-14)10(18)9-12(22)25-16(2,3)4/h10-11H,8-9,18H2,1-7H3,(H,19,23)/t10-,11-/m0/s1. The number of carbonyl (C=O) groups excluding carboxylic acids is 2. The Bertz CT molecular complexity index is 615. The number of hydrogen-bond acceptors (Lipinski definition) is 8. The Hall–Kier alpha value is -2.16. The Morgan fingerprint density at radius 2 is 1.62 bits per heavy atom. The van der Waals surface area contributed by atoms with Crippen LogP contribution < -0.4 is 11.1 Å². The third-order valence-corrected chi connectivity index (χ3v) is 2.98. The van der Waals surface area contributed by atoms with Crippen LogP contribution in [0.5, 0.6) is 0 Å². The van der Waals surface area contributed by atoms with E-state index in [2.05, 4.69) is 15.5 Å². The molecule has 0 aliphatic heterocycles. The summed E-state index contributed by atoms with van der Waals surface area (Å²) in [4.78, 5) is 23.8. The van der Waals surface area contributed by atoms with Gasteiger partial charge in [-0.05, 0) is 48.0 Å². The lowest BCUT2D eigenvalue weighted by atomic mass is 10.2. The van der Waals surface area contributed by atoms with Gasteiger partial charge in [-0.1, -0.05) is 6.92 Å². The predicted octanol–water partition coefficient (Wildman–Crippen LogP) is 2.78. The molecule has 0 fully saturated rings. The molecule has 0 spiro atoms. The zero-order chi connectivity index (χ0) is 20.1. The SMILES string of the molecule is CC[C@H](NC(=O)OC(C)(C)C)c1nnc([C@@H](N)CC(=O)OC(C)(C)C)o1. The normalized spacial score (nSPS) is 14.5. The molecular formula is C17H30N4O5. The fourth-order valence-electron chi connectivity index (χ4n) is 1.98. The molecule has 0 radical (unpaired) electrons. The Labute approximate surface area is 154 Å². The summed E-state index contributed by atoms with van der Waals surface area (Å²) in [6, 6.07) is -1.30. The van der Waals surface area contributed by atoms with E-state index in [0.717, 1.165) is 0 Å². The number of alkyl carbamates (subject to hydrolysis) is 1. The van der Waals surface area contributed by atoms with Crippen molar-refractivity contribution in [2.75, 3.05) is 0 Å². The van der Waals surface area contributed by atoms with Crippen LogP contribution >= 0.6 is 0 Å². The molecule has 0 aromatic carbocycles. The summed E-state index contributed by atoms with van der Waals surface area (Å²) in [6.45, 7) is 12.5. The maximum absolute atomic E-state index is 11.9. The molecule has 0 aliphatic carbocycles. The van der Waals surface area contributed by atoms with E-state index >= 15 is 0 Å². The van der Waals surface area contributed by atoms with E-state index in [1.807, 2.05) is 6.92 Å². The first kappa shape index (κ1) is 21.9. The average Bonchev–Trinajstić information content (AvgIpc) is 2.90. The summed E-state index contributed by atoms with van der Waals surface area (Å²) in [6.07, 6.45) is -0.153. The minimum absolute atomic E-state index is 0.0881. The number of nitrogens with zero attached hydrogens (tertiary/aromatic N) is 2. The lowest BCUT2D eigenvalue weighted by Gasteiger charge is -2.21. The fraction of sp³-hybridized carbons (Fsp3) is 0.765.